The van der Waals surface area contributed by atoms with Crippen LogP contribution in [-0.4, -0.2) is 10.9 Å². The molecular weight excluding hydrogens is 338 g/mol. The fourth-order valence-corrected chi connectivity index (χ4v) is 2.62. The van der Waals surface area contributed by atoms with Crippen molar-refractivity contribution < 1.29 is 9.21 Å². The van der Waals surface area contributed by atoms with Crippen molar-refractivity contribution in [2.24, 2.45) is 0 Å². The molecule has 0 aliphatic rings. The minimum absolute atomic E-state index is 0.0535. The predicted molar refractivity (Wildman–Crippen MR) is 95.6 cm³/mol. The molecule has 3 aromatic rings. The Hall–Kier alpha value is -3.10. The van der Waals surface area contributed by atoms with Gasteiger partial charge in [0, 0.05) is 10.9 Å². The summed E-state index contributed by atoms with van der Waals surface area (Å²) in [4.78, 5) is 16.6. The summed E-state index contributed by atoms with van der Waals surface area (Å²) in [5.74, 6) is 0.103. The molecule has 0 fully saturated rings. The molecule has 1 amide bonds. The number of amides is 1. The number of hydrogen-bond donors (Lipinski definition) is 1. The van der Waals surface area contributed by atoms with Gasteiger partial charge in [-0.05, 0) is 36.8 Å². The van der Waals surface area contributed by atoms with Gasteiger partial charge in [-0.25, -0.2) is 4.98 Å². The molecule has 1 N–H and O–H groups in total. The molecule has 0 radical (unpaired) electrons. The third kappa shape index (κ3) is 3.70. The van der Waals surface area contributed by atoms with Crippen LogP contribution in [0.5, 0.6) is 0 Å². The van der Waals surface area contributed by atoms with Crippen molar-refractivity contribution >= 4 is 34.5 Å². The molecule has 1 aromatic carbocycles. The Balaban J connectivity index is 1.89. The summed E-state index contributed by atoms with van der Waals surface area (Å²) in [5.41, 5.74) is 2.27. The molecule has 0 saturated heterocycles. The highest BCUT2D eigenvalue weighted by Crippen LogP contribution is 2.24. The first-order chi connectivity index (χ1) is 12.1. The fraction of sp³-hybridized carbons (Fsp3) is 0.105. The van der Waals surface area contributed by atoms with E-state index in [1.165, 1.54) is 12.3 Å². The molecule has 124 valence electrons. The molecule has 0 bridgehead atoms. The van der Waals surface area contributed by atoms with Crippen molar-refractivity contribution in [2.75, 3.05) is 0 Å². The molecule has 2 aromatic heterocycles. The lowest BCUT2D eigenvalue weighted by atomic mass is 10.1. The van der Waals surface area contributed by atoms with Crippen LogP contribution >= 0.6 is 11.6 Å². The van der Waals surface area contributed by atoms with Crippen molar-refractivity contribution in [3.05, 3.63) is 70.3 Å². The Morgan fingerprint density at radius 3 is 2.96 bits per heavy atom. The number of aromatic nitrogens is 1. The van der Waals surface area contributed by atoms with Crippen LogP contribution in [0.2, 0.25) is 5.15 Å². The number of benzene rings is 1. The number of halogens is 1. The summed E-state index contributed by atoms with van der Waals surface area (Å²) in [5, 5.41) is 13.1. The topological polar surface area (TPSA) is 78.9 Å². The number of rotatable bonds is 4. The number of fused-ring (bicyclic) bond motifs is 1. The fourth-order valence-electron chi connectivity index (χ4n) is 2.42. The average Bonchev–Trinajstić information content (AvgIpc) is 3.12. The molecule has 0 aliphatic carbocycles. The van der Waals surface area contributed by atoms with Crippen LogP contribution in [0.3, 0.4) is 0 Å². The Morgan fingerprint density at radius 1 is 1.40 bits per heavy atom. The molecule has 3 rings (SSSR count). The first-order valence-electron chi connectivity index (χ1n) is 7.56. The van der Waals surface area contributed by atoms with E-state index < -0.39 is 5.91 Å². The van der Waals surface area contributed by atoms with E-state index in [9.17, 15) is 10.1 Å². The molecule has 25 heavy (non-hydrogen) atoms. The second-order valence-electron chi connectivity index (χ2n) is 5.45. The van der Waals surface area contributed by atoms with Gasteiger partial charge in [-0.2, -0.15) is 5.26 Å². The van der Waals surface area contributed by atoms with E-state index in [1.54, 1.807) is 12.1 Å². The summed E-state index contributed by atoms with van der Waals surface area (Å²) in [7, 11) is 0. The number of nitrogens with zero attached hydrogens (tertiary/aromatic N) is 2. The highest BCUT2D eigenvalue weighted by atomic mass is 35.5. The molecule has 6 heteroatoms. The van der Waals surface area contributed by atoms with Crippen LogP contribution in [0.4, 0.5) is 0 Å². The molecule has 0 aliphatic heterocycles. The maximum absolute atomic E-state index is 12.2. The van der Waals surface area contributed by atoms with Gasteiger partial charge in [0.25, 0.3) is 5.91 Å². The number of pyridine rings is 1. The van der Waals surface area contributed by atoms with Gasteiger partial charge in [0.05, 0.1) is 18.3 Å². The second-order valence-corrected chi connectivity index (χ2v) is 5.80. The summed E-state index contributed by atoms with van der Waals surface area (Å²) < 4.78 is 5.15. The van der Waals surface area contributed by atoms with Crippen molar-refractivity contribution in [3.63, 3.8) is 0 Å². The summed E-state index contributed by atoms with van der Waals surface area (Å²) in [6, 6.07) is 13.0. The number of aryl methyl sites for hydroxylation is 1. The Morgan fingerprint density at radius 2 is 2.24 bits per heavy atom. The highest BCUT2D eigenvalue weighted by molar-refractivity contribution is 6.31. The van der Waals surface area contributed by atoms with Crippen LogP contribution in [-0.2, 0) is 11.3 Å². The number of para-hydroxylation sites is 1. The lowest BCUT2D eigenvalue weighted by Gasteiger charge is -2.06. The minimum atomic E-state index is -0.501. The van der Waals surface area contributed by atoms with Crippen molar-refractivity contribution in [3.8, 4) is 6.07 Å². The van der Waals surface area contributed by atoms with E-state index in [4.69, 9.17) is 16.0 Å². The summed E-state index contributed by atoms with van der Waals surface area (Å²) in [6.07, 6.45) is 2.96. The zero-order valence-electron chi connectivity index (χ0n) is 13.4. The van der Waals surface area contributed by atoms with Crippen LogP contribution in [0.25, 0.3) is 17.0 Å². The molecule has 0 saturated carbocycles. The van der Waals surface area contributed by atoms with Crippen molar-refractivity contribution in [2.45, 2.75) is 13.5 Å². The van der Waals surface area contributed by atoms with E-state index in [2.05, 4.69) is 10.3 Å². The molecule has 0 unspecified atom stereocenters. The van der Waals surface area contributed by atoms with Crippen molar-refractivity contribution in [1.82, 2.24) is 10.3 Å². The highest BCUT2D eigenvalue weighted by Gasteiger charge is 2.12. The van der Waals surface area contributed by atoms with Gasteiger partial charge in [0.1, 0.15) is 22.6 Å². The van der Waals surface area contributed by atoms with Crippen LogP contribution < -0.4 is 5.32 Å². The first kappa shape index (κ1) is 16.7. The number of nitrogens with one attached hydrogen (secondary N) is 1. The SMILES string of the molecule is Cc1cccc2cc(/C=C(\C#N)C(=O)NCc3ccco3)c(Cl)nc12. The summed E-state index contributed by atoms with van der Waals surface area (Å²) >= 11 is 6.23. The van der Waals surface area contributed by atoms with Gasteiger partial charge in [0.2, 0.25) is 0 Å². The van der Waals surface area contributed by atoms with E-state index in [0.29, 0.717) is 11.3 Å². The second kappa shape index (κ2) is 7.20. The average molecular weight is 352 g/mol. The van der Waals surface area contributed by atoms with Crippen LogP contribution in [0.15, 0.2) is 52.7 Å². The molecule has 5 nitrogen and oxygen atoms in total. The molecule has 0 spiro atoms. The Kier molecular flexibility index (Phi) is 4.82. The molecular formula is C19H14ClN3O2. The lowest BCUT2D eigenvalue weighted by molar-refractivity contribution is -0.117. The van der Waals surface area contributed by atoms with Gasteiger partial charge >= 0.3 is 0 Å². The summed E-state index contributed by atoms with van der Waals surface area (Å²) in [6.45, 7) is 2.15. The number of hydrogen-bond acceptors (Lipinski definition) is 4. The quantitative estimate of drug-likeness (QED) is 0.437. The zero-order valence-corrected chi connectivity index (χ0v) is 14.2. The van der Waals surface area contributed by atoms with Crippen LogP contribution in [0, 0.1) is 18.3 Å². The molecule has 2 heterocycles. The van der Waals surface area contributed by atoms with E-state index in [1.807, 2.05) is 37.3 Å². The van der Waals surface area contributed by atoms with Gasteiger partial charge in [0.15, 0.2) is 0 Å². The number of carbonyl (C=O) groups is 1. The molecule has 0 atom stereocenters. The van der Waals surface area contributed by atoms with E-state index in [0.717, 1.165) is 16.5 Å². The number of carbonyl (C=O) groups excluding carboxylic acids is 1. The van der Waals surface area contributed by atoms with Crippen LogP contribution in [0.1, 0.15) is 16.9 Å². The number of nitriles is 1. The van der Waals surface area contributed by atoms with Gasteiger partial charge in [-0.1, -0.05) is 29.8 Å². The van der Waals surface area contributed by atoms with Gasteiger partial charge in [-0.3, -0.25) is 4.79 Å². The maximum atomic E-state index is 12.2. The van der Waals surface area contributed by atoms with E-state index >= 15 is 0 Å². The number of furan rings is 1. The van der Waals surface area contributed by atoms with Gasteiger partial charge < -0.3 is 9.73 Å². The minimum Gasteiger partial charge on any atom is -0.467 e. The Labute approximate surface area is 149 Å². The smallest absolute Gasteiger partial charge is 0.262 e. The largest absolute Gasteiger partial charge is 0.467 e. The zero-order chi connectivity index (χ0) is 17.8. The third-order valence-electron chi connectivity index (χ3n) is 3.70. The Bertz CT molecular complexity index is 1000. The lowest BCUT2D eigenvalue weighted by Crippen LogP contribution is -2.23. The van der Waals surface area contributed by atoms with E-state index in [-0.39, 0.29) is 17.3 Å². The first-order valence-corrected chi connectivity index (χ1v) is 7.94. The monoisotopic (exact) mass is 351 g/mol. The maximum Gasteiger partial charge on any atom is 0.262 e. The standard InChI is InChI=1S/C19H14ClN3O2/c1-12-4-2-5-13-8-14(18(20)23-17(12)13)9-15(10-21)19(24)22-11-16-6-3-7-25-16/h2-9H,11H2,1H3,(H,22,24)/b15-9+. The van der Waals surface area contributed by atoms with Gasteiger partial charge in [-0.15, -0.1) is 0 Å². The van der Waals surface area contributed by atoms with Crippen molar-refractivity contribution in [1.29, 1.82) is 5.26 Å². The third-order valence-corrected chi connectivity index (χ3v) is 4.00. The normalized spacial score (nSPS) is 11.3. The predicted octanol–water partition coefficient (Wildman–Crippen LogP) is 4.01.